The molecular weight excluding hydrogens is 318 g/mol. The van der Waals surface area contributed by atoms with Crippen LogP contribution in [-0.4, -0.2) is 6.04 Å². The van der Waals surface area contributed by atoms with Crippen LogP contribution in [0.4, 0.5) is 0 Å². The Bertz CT molecular complexity index is 563. The van der Waals surface area contributed by atoms with Crippen LogP contribution in [0.25, 0.3) is 0 Å². The van der Waals surface area contributed by atoms with Gasteiger partial charge in [-0.15, -0.1) is 0 Å². The van der Waals surface area contributed by atoms with E-state index in [0.29, 0.717) is 12.6 Å². The lowest BCUT2D eigenvalue weighted by Gasteiger charge is -2.11. The third kappa shape index (κ3) is 4.12. The van der Waals surface area contributed by atoms with E-state index in [1.165, 1.54) is 0 Å². The second-order valence-electron chi connectivity index (χ2n) is 5.10. The number of benzene rings is 1. The first-order chi connectivity index (χ1) is 9.56. The van der Waals surface area contributed by atoms with Crippen molar-refractivity contribution in [1.82, 2.24) is 5.32 Å². The van der Waals surface area contributed by atoms with Gasteiger partial charge in [0.2, 0.25) is 0 Å². The maximum atomic E-state index is 5.88. The zero-order valence-electron chi connectivity index (χ0n) is 12.1. The lowest BCUT2D eigenvalue weighted by Crippen LogP contribution is -2.22. The fourth-order valence-corrected chi connectivity index (χ4v) is 2.35. The summed E-state index contributed by atoms with van der Waals surface area (Å²) in [6, 6.07) is 8.41. The monoisotopic (exact) mass is 337 g/mol. The highest BCUT2D eigenvalue weighted by molar-refractivity contribution is 9.10. The minimum absolute atomic E-state index is 0.433. The van der Waals surface area contributed by atoms with Gasteiger partial charge in [0.05, 0.1) is 12.8 Å². The quantitative estimate of drug-likeness (QED) is 0.846. The van der Waals surface area contributed by atoms with Crippen LogP contribution in [0.1, 0.15) is 30.7 Å². The molecule has 0 radical (unpaired) electrons. The molecule has 0 saturated heterocycles. The average Bonchev–Trinajstić information content (AvgIpc) is 2.83. The Morgan fingerprint density at radius 3 is 2.80 bits per heavy atom. The largest absolute Gasteiger partial charge is 0.489 e. The molecule has 2 rings (SSSR count). The van der Waals surface area contributed by atoms with E-state index in [1.807, 2.05) is 31.2 Å². The van der Waals surface area contributed by atoms with E-state index in [2.05, 4.69) is 35.1 Å². The predicted molar refractivity (Wildman–Crippen MR) is 83.9 cm³/mol. The van der Waals surface area contributed by atoms with Gasteiger partial charge >= 0.3 is 0 Å². The fourth-order valence-electron chi connectivity index (χ4n) is 1.88. The van der Waals surface area contributed by atoms with Gasteiger partial charge in [0.25, 0.3) is 0 Å². The lowest BCUT2D eigenvalue weighted by molar-refractivity contribution is 0.299. The van der Waals surface area contributed by atoms with Crippen molar-refractivity contribution in [1.29, 1.82) is 0 Å². The maximum Gasteiger partial charge on any atom is 0.124 e. The first-order valence-electron chi connectivity index (χ1n) is 6.74. The van der Waals surface area contributed by atoms with Crippen LogP contribution in [0.5, 0.6) is 5.75 Å². The molecule has 2 aromatic rings. The number of furan rings is 1. The summed E-state index contributed by atoms with van der Waals surface area (Å²) in [7, 11) is 0. The molecule has 1 heterocycles. The van der Waals surface area contributed by atoms with Gasteiger partial charge in [-0.2, -0.15) is 0 Å². The molecule has 108 valence electrons. The molecule has 20 heavy (non-hydrogen) atoms. The van der Waals surface area contributed by atoms with Gasteiger partial charge in [-0.3, -0.25) is 0 Å². The van der Waals surface area contributed by atoms with Crippen molar-refractivity contribution < 1.29 is 9.15 Å². The Hall–Kier alpha value is -1.26. The Kier molecular flexibility index (Phi) is 5.26. The molecule has 1 N–H and O–H groups in total. The highest BCUT2D eigenvalue weighted by atomic mass is 79.9. The summed E-state index contributed by atoms with van der Waals surface area (Å²) in [5, 5.41) is 3.35. The van der Waals surface area contributed by atoms with E-state index in [1.54, 1.807) is 6.26 Å². The second kappa shape index (κ2) is 6.95. The molecule has 0 aliphatic heterocycles. The molecular formula is C16H20BrNO2. The predicted octanol–water partition coefficient (Wildman–Crippen LogP) is 4.43. The van der Waals surface area contributed by atoms with Crippen LogP contribution in [0.3, 0.4) is 0 Å². The highest BCUT2D eigenvalue weighted by Gasteiger charge is 2.08. The molecule has 0 spiro atoms. The number of aryl methyl sites for hydroxylation is 1. The Morgan fingerprint density at radius 1 is 1.30 bits per heavy atom. The summed E-state index contributed by atoms with van der Waals surface area (Å²) < 4.78 is 12.4. The van der Waals surface area contributed by atoms with Gasteiger partial charge in [0, 0.05) is 16.1 Å². The van der Waals surface area contributed by atoms with Crippen LogP contribution >= 0.6 is 15.9 Å². The van der Waals surface area contributed by atoms with E-state index >= 15 is 0 Å². The van der Waals surface area contributed by atoms with Gasteiger partial charge in [0.1, 0.15) is 18.1 Å². The van der Waals surface area contributed by atoms with Crippen LogP contribution in [0, 0.1) is 6.92 Å². The molecule has 0 atom stereocenters. The van der Waals surface area contributed by atoms with E-state index in [4.69, 9.17) is 9.15 Å². The van der Waals surface area contributed by atoms with Crippen LogP contribution < -0.4 is 10.1 Å². The molecule has 0 aliphatic rings. The van der Waals surface area contributed by atoms with Gasteiger partial charge in [-0.05, 0) is 36.8 Å². The van der Waals surface area contributed by atoms with Gasteiger partial charge in [0.15, 0.2) is 0 Å². The summed E-state index contributed by atoms with van der Waals surface area (Å²) in [6.07, 6.45) is 1.71. The van der Waals surface area contributed by atoms with Crippen molar-refractivity contribution >= 4 is 15.9 Å². The normalized spacial score (nSPS) is 11.1. The van der Waals surface area contributed by atoms with Gasteiger partial charge in [-0.25, -0.2) is 0 Å². The van der Waals surface area contributed by atoms with E-state index in [-0.39, 0.29) is 0 Å². The number of nitrogens with one attached hydrogen (secondary N) is 1. The molecule has 1 aromatic carbocycles. The van der Waals surface area contributed by atoms with Gasteiger partial charge in [-0.1, -0.05) is 29.8 Å². The molecule has 0 unspecified atom stereocenters. The number of halogens is 1. The smallest absolute Gasteiger partial charge is 0.124 e. The number of hydrogen-bond acceptors (Lipinski definition) is 3. The van der Waals surface area contributed by atoms with Crippen LogP contribution in [0.2, 0.25) is 0 Å². The highest BCUT2D eigenvalue weighted by Crippen LogP contribution is 2.23. The summed E-state index contributed by atoms with van der Waals surface area (Å²) in [5.74, 6) is 1.84. The van der Waals surface area contributed by atoms with Crippen molar-refractivity contribution in [2.45, 2.75) is 40.0 Å². The van der Waals surface area contributed by atoms with Crippen molar-refractivity contribution in [3.8, 4) is 5.75 Å². The minimum Gasteiger partial charge on any atom is -0.489 e. The van der Waals surface area contributed by atoms with Crippen molar-refractivity contribution in [2.75, 3.05) is 0 Å². The molecule has 0 amide bonds. The number of hydrogen-bond donors (Lipinski definition) is 1. The first kappa shape index (κ1) is 15.1. The number of ether oxygens (including phenoxy) is 1. The Morgan fingerprint density at radius 2 is 2.10 bits per heavy atom. The van der Waals surface area contributed by atoms with Gasteiger partial charge < -0.3 is 14.5 Å². The minimum atomic E-state index is 0.433. The fraction of sp³-hybridized carbons (Fsp3) is 0.375. The molecule has 3 nitrogen and oxygen atoms in total. The third-order valence-corrected chi connectivity index (χ3v) is 3.52. The van der Waals surface area contributed by atoms with E-state index in [9.17, 15) is 0 Å². The Balaban J connectivity index is 1.98. The summed E-state index contributed by atoms with van der Waals surface area (Å²) in [6.45, 7) is 7.52. The standard InChI is InChI=1S/C16H20BrNO2/c1-11(2)18-9-16-13(6-7-19-16)10-20-15-5-4-14(17)8-12(15)3/h4-8,11,18H,9-10H2,1-3H3. The molecule has 4 heteroatoms. The van der Waals surface area contributed by atoms with E-state index in [0.717, 1.165) is 33.7 Å². The summed E-state index contributed by atoms with van der Waals surface area (Å²) in [5.41, 5.74) is 2.20. The summed E-state index contributed by atoms with van der Waals surface area (Å²) >= 11 is 3.45. The molecule has 0 saturated carbocycles. The Labute approximate surface area is 128 Å². The van der Waals surface area contributed by atoms with E-state index < -0.39 is 0 Å². The molecule has 0 bridgehead atoms. The van der Waals surface area contributed by atoms with Crippen molar-refractivity contribution in [2.24, 2.45) is 0 Å². The first-order valence-corrected chi connectivity index (χ1v) is 7.53. The van der Waals surface area contributed by atoms with Crippen molar-refractivity contribution in [3.63, 3.8) is 0 Å². The zero-order chi connectivity index (χ0) is 14.5. The second-order valence-corrected chi connectivity index (χ2v) is 6.02. The molecule has 0 aliphatic carbocycles. The van der Waals surface area contributed by atoms with Crippen molar-refractivity contribution in [3.05, 3.63) is 51.9 Å². The molecule has 0 fully saturated rings. The topological polar surface area (TPSA) is 34.4 Å². The summed E-state index contributed by atoms with van der Waals surface area (Å²) in [4.78, 5) is 0. The lowest BCUT2D eigenvalue weighted by atomic mass is 10.2. The SMILES string of the molecule is Cc1cc(Br)ccc1OCc1ccoc1CNC(C)C. The molecule has 1 aromatic heterocycles. The average molecular weight is 338 g/mol. The van der Waals surface area contributed by atoms with Crippen LogP contribution in [-0.2, 0) is 13.2 Å². The third-order valence-electron chi connectivity index (χ3n) is 3.03. The maximum absolute atomic E-state index is 5.88. The van der Waals surface area contributed by atoms with Crippen LogP contribution in [0.15, 0.2) is 39.4 Å². The number of rotatable bonds is 6. The zero-order valence-corrected chi connectivity index (χ0v) is 13.7.